The van der Waals surface area contributed by atoms with Gasteiger partial charge in [0, 0.05) is 12.6 Å². The second kappa shape index (κ2) is 7.61. The van der Waals surface area contributed by atoms with Crippen molar-refractivity contribution < 1.29 is 9.47 Å². The van der Waals surface area contributed by atoms with Crippen molar-refractivity contribution in [2.24, 2.45) is 5.92 Å². The quantitative estimate of drug-likeness (QED) is 0.778. The SMILES string of the molecule is CC1CCC(NCCOC2CC(C)OC(C)C2)CC1. The van der Waals surface area contributed by atoms with E-state index in [1.807, 2.05) is 0 Å². The molecule has 3 heteroatoms. The van der Waals surface area contributed by atoms with Gasteiger partial charge in [-0.25, -0.2) is 0 Å². The molecule has 1 saturated carbocycles. The topological polar surface area (TPSA) is 30.5 Å². The van der Waals surface area contributed by atoms with Crippen LogP contribution >= 0.6 is 0 Å². The van der Waals surface area contributed by atoms with Gasteiger partial charge >= 0.3 is 0 Å². The Labute approximate surface area is 118 Å². The molecule has 0 aromatic heterocycles. The summed E-state index contributed by atoms with van der Waals surface area (Å²) in [4.78, 5) is 0. The molecule has 0 amide bonds. The molecule has 2 atom stereocenters. The molecule has 112 valence electrons. The van der Waals surface area contributed by atoms with E-state index < -0.39 is 0 Å². The number of ether oxygens (including phenoxy) is 2. The maximum Gasteiger partial charge on any atom is 0.0625 e. The first-order chi connectivity index (χ1) is 9.13. The van der Waals surface area contributed by atoms with Gasteiger partial charge < -0.3 is 14.8 Å². The van der Waals surface area contributed by atoms with E-state index in [1.54, 1.807) is 0 Å². The largest absolute Gasteiger partial charge is 0.377 e. The Morgan fingerprint density at radius 3 is 2.26 bits per heavy atom. The number of hydrogen-bond acceptors (Lipinski definition) is 3. The lowest BCUT2D eigenvalue weighted by Gasteiger charge is -2.32. The third kappa shape index (κ3) is 5.41. The average Bonchev–Trinajstić information content (AvgIpc) is 2.36. The Balaban J connectivity index is 1.54. The van der Waals surface area contributed by atoms with Gasteiger partial charge in [0.15, 0.2) is 0 Å². The lowest BCUT2D eigenvalue weighted by molar-refractivity contribution is -0.101. The second-order valence-electron chi connectivity index (χ2n) is 6.63. The van der Waals surface area contributed by atoms with Crippen molar-refractivity contribution in [2.45, 2.75) is 83.6 Å². The van der Waals surface area contributed by atoms with Crippen molar-refractivity contribution in [3.05, 3.63) is 0 Å². The van der Waals surface area contributed by atoms with E-state index in [-0.39, 0.29) is 0 Å². The van der Waals surface area contributed by atoms with Gasteiger partial charge in [-0.15, -0.1) is 0 Å². The first kappa shape index (κ1) is 15.3. The highest BCUT2D eigenvalue weighted by atomic mass is 16.5. The van der Waals surface area contributed by atoms with Crippen LogP contribution in [0.3, 0.4) is 0 Å². The molecule has 1 N–H and O–H groups in total. The van der Waals surface area contributed by atoms with E-state index in [9.17, 15) is 0 Å². The van der Waals surface area contributed by atoms with Crippen molar-refractivity contribution >= 4 is 0 Å². The molecule has 2 rings (SSSR count). The van der Waals surface area contributed by atoms with Crippen LogP contribution < -0.4 is 5.32 Å². The molecule has 0 spiro atoms. The minimum atomic E-state index is 0.349. The summed E-state index contributed by atoms with van der Waals surface area (Å²) in [5, 5.41) is 3.65. The maximum absolute atomic E-state index is 5.99. The molecule has 19 heavy (non-hydrogen) atoms. The van der Waals surface area contributed by atoms with Crippen molar-refractivity contribution in [1.29, 1.82) is 0 Å². The molecule has 1 aliphatic heterocycles. The maximum atomic E-state index is 5.99. The van der Waals surface area contributed by atoms with Crippen LogP contribution in [0.25, 0.3) is 0 Å². The number of hydrogen-bond donors (Lipinski definition) is 1. The van der Waals surface area contributed by atoms with E-state index in [4.69, 9.17) is 9.47 Å². The monoisotopic (exact) mass is 269 g/mol. The fraction of sp³-hybridized carbons (Fsp3) is 1.00. The molecule has 0 aromatic rings. The standard InChI is InChI=1S/C16H31NO2/c1-12-4-6-15(7-5-12)17-8-9-18-16-10-13(2)19-14(3)11-16/h12-17H,4-11H2,1-3H3. The molecule has 0 aromatic carbocycles. The second-order valence-corrected chi connectivity index (χ2v) is 6.63. The number of nitrogens with one attached hydrogen (secondary N) is 1. The Morgan fingerprint density at radius 2 is 1.63 bits per heavy atom. The zero-order chi connectivity index (χ0) is 13.7. The predicted molar refractivity (Wildman–Crippen MR) is 78.4 cm³/mol. The third-order valence-corrected chi connectivity index (χ3v) is 4.56. The lowest BCUT2D eigenvalue weighted by atomic mass is 9.87. The molecule has 1 heterocycles. The van der Waals surface area contributed by atoms with Crippen LogP contribution in [0.15, 0.2) is 0 Å². The van der Waals surface area contributed by atoms with E-state index in [0.29, 0.717) is 18.3 Å². The van der Waals surface area contributed by atoms with Gasteiger partial charge in [-0.05, 0) is 58.3 Å². The smallest absolute Gasteiger partial charge is 0.0625 e. The van der Waals surface area contributed by atoms with Crippen molar-refractivity contribution in [2.75, 3.05) is 13.2 Å². The lowest BCUT2D eigenvalue weighted by Crippen LogP contribution is -2.38. The zero-order valence-electron chi connectivity index (χ0n) is 12.9. The van der Waals surface area contributed by atoms with Gasteiger partial charge in [-0.1, -0.05) is 6.92 Å². The van der Waals surface area contributed by atoms with Gasteiger partial charge in [-0.2, -0.15) is 0 Å². The van der Waals surface area contributed by atoms with Crippen LogP contribution in [0.1, 0.15) is 59.3 Å². The summed E-state index contributed by atoms with van der Waals surface area (Å²) in [5.41, 5.74) is 0. The van der Waals surface area contributed by atoms with E-state index >= 15 is 0 Å². The summed E-state index contributed by atoms with van der Waals surface area (Å²) < 4.78 is 11.7. The Hall–Kier alpha value is -0.120. The van der Waals surface area contributed by atoms with Crippen molar-refractivity contribution in [1.82, 2.24) is 5.32 Å². The van der Waals surface area contributed by atoms with Crippen LogP contribution in [0.4, 0.5) is 0 Å². The van der Waals surface area contributed by atoms with Gasteiger partial charge in [0.1, 0.15) is 0 Å². The highest BCUT2D eigenvalue weighted by Crippen LogP contribution is 2.23. The Bertz CT molecular complexity index is 241. The predicted octanol–water partition coefficient (Wildman–Crippen LogP) is 3.13. The number of rotatable bonds is 5. The van der Waals surface area contributed by atoms with Crippen LogP contribution in [0.5, 0.6) is 0 Å². The molecule has 1 saturated heterocycles. The zero-order valence-corrected chi connectivity index (χ0v) is 12.9. The molecule has 0 radical (unpaired) electrons. The summed E-state index contributed by atoms with van der Waals surface area (Å²) in [5.74, 6) is 0.930. The molecular formula is C16H31NO2. The summed E-state index contributed by atoms with van der Waals surface area (Å²) in [6.45, 7) is 8.50. The van der Waals surface area contributed by atoms with Crippen LogP contribution in [0.2, 0.25) is 0 Å². The summed E-state index contributed by atoms with van der Waals surface area (Å²) in [6.07, 6.45) is 8.63. The van der Waals surface area contributed by atoms with Gasteiger partial charge in [0.2, 0.25) is 0 Å². The highest BCUT2D eigenvalue weighted by Gasteiger charge is 2.24. The van der Waals surface area contributed by atoms with Gasteiger partial charge in [0.05, 0.1) is 24.9 Å². The highest BCUT2D eigenvalue weighted by molar-refractivity contribution is 4.76. The summed E-state index contributed by atoms with van der Waals surface area (Å²) >= 11 is 0. The summed E-state index contributed by atoms with van der Waals surface area (Å²) in [7, 11) is 0. The van der Waals surface area contributed by atoms with Gasteiger partial charge in [0.25, 0.3) is 0 Å². The average molecular weight is 269 g/mol. The molecule has 1 aliphatic carbocycles. The minimum absolute atomic E-state index is 0.349. The molecule has 0 bridgehead atoms. The van der Waals surface area contributed by atoms with Crippen LogP contribution in [0, 0.1) is 5.92 Å². The molecule has 2 unspecified atom stereocenters. The fourth-order valence-electron chi connectivity index (χ4n) is 3.43. The Kier molecular flexibility index (Phi) is 6.11. The van der Waals surface area contributed by atoms with E-state index in [1.165, 1.54) is 25.7 Å². The molecule has 2 fully saturated rings. The van der Waals surface area contributed by atoms with Crippen molar-refractivity contribution in [3.63, 3.8) is 0 Å². The van der Waals surface area contributed by atoms with Crippen molar-refractivity contribution in [3.8, 4) is 0 Å². The normalized spacial score (nSPS) is 40.3. The first-order valence-electron chi connectivity index (χ1n) is 8.14. The first-order valence-corrected chi connectivity index (χ1v) is 8.14. The molecule has 2 aliphatic rings. The summed E-state index contributed by atoms with van der Waals surface area (Å²) in [6, 6.07) is 0.729. The molecular weight excluding hydrogens is 238 g/mol. The Morgan fingerprint density at radius 1 is 1.00 bits per heavy atom. The van der Waals surface area contributed by atoms with Crippen LogP contribution in [-0.2, 0) is 9.47 Å². The molecule has 3 nitrogen and oxygen atoms in total. The fourth-order valence-corrected chi connectivity index (χ4v) is 3.43. The van der Waals surface area contributed by atoms with Crippen LogP contribution in [-0.4, -0.2) is 37.5 Å². The van der Waals surface area contributed by atoms with Gasteiger partial charge in [-0.3, -0.25) is 0 Å². The third-order valence-electron chi connectivity index (χ3n) is 4.56. The minimum Gasteiger partial charge on any atom is -0.377 e. The van der Waals surface area contributed by atoms with E-state index in [2.05, 4.69) is 26.1 Å². The van der Waals surface area contributed by atoms with E-state index in [0.717, 1.165) is 38.0 Å².